The molecule has 0 aromatic rings. The van der Waals surface area contributed by atoms with Crippen LogP contribution < -0.4 is 5.73 Å². The third-order valence-corrected chi connectivity index (χ3v) is 2.78. The Morgan fingerprint density at radius 2 is 1.94 bits per heavy atom. The highest BCUT2D eigenvalue weighted by Gasteiger charge is 2.27. The summed E-state index contributed by atoms with van der Waals surface area (Å²) in [7, 11) is 5.50. The van der Waals surface area contributed by atoms with Gasteiger partial charge in [0.2, 0.25) is 5.91 Å². The number of hydrogen-bond donors (Lipinski definition) is 1. The van der Waals surface area contributed by atoms with Gasteiger partial charge < -0.3 is 15.5 Å². The highest BCUT2D eigenvalue weighted by atomic mass is 127. The number of hydrogen-bond acceptors (Lipinski definition) is 2. The average Bonchev–Trinajstić information content (AvgIpc) is 3.06. The van der Waals surface area contributed by atoms with Gasteiger partial charge in [-0.2, -0.15) is 0 Å². The van der Waals surface area contributed by atoms with Crippen LogP contribution in [-0.4, -0.2) is 55.4 Å². The van der Waals surface area contributed by atoms with Crippen LogP contribution in [0.5, 0.6) is 0 Å². The van der Waals surface area contributed by atoms with Crippen molar-refractivity contribution in [3.63, 3.8) is 0 Å². The van der Waals surface area contributed by atoms with E-state index in [4.69, 9.17) is 5.73 Å². The standard InChI is InChI=1S/C11H22N4O.HI/c1-14(2)10(16)5-4-8-13-11(12)15(3)9-6-7-9;/h9H,4-8H2,1-3H3,(H2,12,13);1H. The number of carbonyl (C=O) groups excluding carboxylic acids is 1. The van der Waals surface area contributed by atoms with Crippen molar-refractivity contribution >= 4 is 35.8 Å². The highest BCUT2D eigenvalue weighted by Crippen LogP contribution is 2.24. The minimum Gasteiger partial charge on any atom is -0.370 e. The fourth-order valence-corrected chi connectivity index (χ4v) is 1.41. The van der Waals surface area contributed by atoms with E-state index >= 15 is 0 Å². The first-order valence-electron chi connectivity index (χ1n) is 5.75. The molecule has 100 valence electrons. The summed E-state index contributed by atoms with van der Waals surface area (Å²) in [6.45, 7) is 0.627. The summed E-state index contributed by atoms with van der Waals surface area (Å²) < 4.78 is 0. The molecule has 17 heavy (non-hydrogen) atoms. The molecule has 5 nitrogen and oxygen atoms in total. The molecule has 0 radical (unpaired) electrons. The second-order valence-electron chi connectivity index (χ2n) is 4.47. The zero-order valence-electron chi connectivity index (χ0n) is 10.8. The van der Waals surface area contributed by atoms with Crippen LogP contribution in [0.4, 0.5) is 0 Å². The maximum Gasteiger partial charge on any atom is 0.222 e. The Morgan fingerprint density at radius 1 is 1.35 bits per heavy atom. The van der Waals surface area contributed by atoms with Crippen LogP contribution in [-0.2, 0) is 4.79 Å². The van der Waals surface area contributed by atoms with Crippen LogP contribution in [0, 0.1) is 0 Å². The Balaban J connectivity index is 0.00000256. The van der Waals surface area contributed by atoms with E-state index in [1.807, 2.05) is 11.9 Å². The molecular weight excluding hydrogens is 331 g/mol. The minimum absolute atomic E-state index is 0. The predicted octanol–water partition coefficient (Wildman–Crippen LogP) is 0.882. The van der Waals surface area contributed by atoms with Gasteiger partial charge in [0, 0.05) is 40.2 Å². The summed E-state index contributed by atoms with van der Waals surface area (Å²) in [5, 5.41) is 0. The van der Waals surface area contributed by atoms with Crippen LogP contribution in [0.1, 0.15) is 25.7 Å². The van der Waals surface area contributed by atoms with Gasteiger partial charge in [-0.15, -0.1) is 24.0 Å². The zero-order valence-corrected chi connectivity index (χ0v) is 13.2. The fourth-order valence-electron chi connectivity index (χ4n) is 1.41. The maximum absolute atomic E-state index is 11.3. The van der Waals surface area contributed by atoms with Crippen molar-refractivity contribution in [3.8, 4) is 0 Å². The van der Waals surface area contributed by atoms with Crippen molar-refractivity contribution in [1.82, 2.24) is 9.80 Å². The van der Waals surface area contributed by atoms with E-state index in [0.717, 1.165) is 6.42 Å². The first-order chi connectivity index (χ1) is 7.52. The van der Waals surface area contributed by atoms with Crippen LogP contribution >= 0.6 is 24.0 Å². The molecule has 0 spiro atoms. The molecule has 1 amide bonds. The summed E-state index contributed by atoms with van der Waals surface area (Å²) >= 11 is 0. The Labute approximate surface area is 120 Å². The lowest BCUT2D eigenvalue weighted by Crippen LogP contribution is -2.35. The SMILES string of the molecule is CN(C)C(=O)CCCN=C(N)N(C)C1CC1.I. The number of rotatable bonds is 5. The molecular formula is C11H23IN4O. The average molecular weight is 354 g/mol. The van der Waals surface area contributed by atoms with E-state index in [1.165, 1.54) is 12.8 Å². The number of halogens is 1. The summed E-state index contributed by atoms with van der Waals surface area (Å²) in [4.78, 5) is 19.2. The van der Waals surface area contributed by atoms with Gasteiger partial charge >= 0.3 is 0 Å². The van der Waals surface area contributed by atoms with E-state index in [1.54, 1.807) is 19.0 Å². The summed E-state index contributed by atoms with van der Waals surface area (Å²) in [6.07, 6.45) is 3.73. The molecule has 0 aromatic carbocycles. The van der Waals surface area contributed by atoms with Crippen molar-refractivity contribution in [1.29, 1.82) is 0 Å². The third kappa shape index (κ3) is 6.09. The largest absolute Gasteiger partial charge is 0.370 e. The molecule has 1 aliphatic rings. The molecule has 0 atom stereocenters. The van der Waals surface area contributed by atoms with Gasteiger partial charge in [-0.05, 0) is 19.3 Å². The van der Waals surface area contributed by atoms with Gasteiger partial charge in [0.25, 0.3) is 0 Å². The molecule has 0 unspecified atom stereocenters. The van der Waals surface area contributed by atoms with Gasteiger partial charge in [0.15, 0.2) is 5.96 Å². The Hall–Kier alpha value is -0.530. The van der Waals surface area contributed by atoms with E-state index in [9.17, 15) is 4.79 Å². The number of amides is 1. The van der Waals surface area contributed by atoms with Crippen LogP contribution in [0.2, 0.25) is 0 Å². The molecule has 2 N–H and O–H groups in total. The van der Waals surface area contributed by atoms with Crippen molar-refractivity contribution in [2.24, 2.45) is 10.7 Å². The Bertz CT molecular complexity index is 277. The molecule has 1 rings (SSSR count). The molecule has 0 bridgehead atoms. The first kappa shape index (κ1) is 16.5. The smallest absolute Gasteiger partial charge is 0.222 e. The van der Waals surface area contributed by atoms with Gasteiger partial charge in [0.05, 0.1) is 0 Å². The normalized spacial score (nSPS) is 15.1. The maximum atomic E-state index is 11.3. The van der Waals surface area contributed by atoms with E-state index < -0.39 is 0 Å². The van der Waals surface area contributed by atoms with Crippen molar-refractivity contribution in [3.05, 3.63) is 0 Å². The lowest BCUT2D eigenvalue weighted by molar-refractivity contribution is -0.128. The molecule has 1 saturated carbocycles. The number of nitrogens with zero attached hydrogens (tertiary/aromatic N) is 3. The van der Waals surface area contributed by atoms with E-state index in [-0.39, 0.29) is 29.9 Å². The van der Waals surface area contributed by atoms with Crippen LogP contribution in [0.15, 0.2) is 4.99 Å². The van der Waals surface area contributed by atoms with Gasteiger partial charge in [-0.1, -0.05) is 0 Å². The number of aliphatic imine (C=N–C) groups is 1. The summed E-state index contributed by atoms with van der Waals surface area (Å²) in [6, 6.07) is 0.590. The molecule has 1 aliphatic carbocycles. The molecule has 1 fully saturated rings. The van der Waals surface area contributed by atoms with Crippen LogP contribution in [0.3, 0.4) is 0 Å². The second-order valence-corrected chi connectivity index (χ2v) is 4.47. The Morgan fingerprint density at radius 3 is 2.41 bits per heavy atom. The number of guanidine groups is 1. The lowest BCUT2D eigenvalue weighted by Gasteiger charge is -2.16. The molecule has 0 aromatic heterocycles. The van der Waals surface area contributed by atoms with Crippen molar-refractivity contribution in [2.45, 2.75) is 31.7 Å². The summed E-state index contributed by atoms with van der Waals surface area (Å²) in [5.74, 6) is 0.740. The van der Waals surface area contributed by atoms with Crippen molar-refractivity contribution in [2.75, 3.05) is 27.7 Å². The third-order valence-electron chi connectivity index (χ3n) is 2.78. The zero-order chi connectivity index (χ0) is 12.1. The molecule has 6 heteroatoms. The van der Waals surface area contributed by atoms with E-state index in [0.29, 0.717) is 25.0 Å². The van der Waals surface area contributed by atoms with E-state index in [2.05, 4.69) is 4.99 Å². The molecule has 0 saturated heterocycles. The van der Waals surface area contributed by atoms with Crippen LogP contribution in [0.25, 0.3) is 0 Å². The monoisotopic (exact) mass is 354 g/mol. The Kier molecular flexibility index (Phi) is 7.49. The fraction of sp³-hybridized carbons (Fsp3) is 0.818. The highest BCUT2D eigenvalue weighted by molar-refractivity contribution is 14.0. The second kappa shape index (κ2) is 7.73. The topological polar surface area (TPSA) is 61.9 Å². The van der Waals surface area contributed by atoms with Gasteiger partial charge in [0.1, 0.15) is 0 Å². The van der Waals surface area contributed by atoms with Gasteiger partial charge in [-0.3, -0.25) is 9.79 Å². The molecule has 0 heterocycles. The number of carbonyl (C=O) groups is 1. The number of nitrogens with two attached hydrogens (primary N) is 1. The predicted molar refractivity (Wildman–Crippen MR) is 80.6 cm³/mol. The van der Waals surface area contributed by atoms with Crippen molar-refractivity contribution < 1.29 is 4.79 Å². The lowest BCUT2D eigenvalue weighted by atomic mass is 10.3. The quantitative estimate of drug-likeness (QED) is 0.345. The molecule has 0 aliphatic heterocycles. The summed E-state index contributed by atoms with van der Waals surface area (Å²) in [5.41, 5.74) is 5.82. The minimum atomic E-state index is 0. The first-order valence-corrected chi connectivity index (χ1v) is 5.75. The van der Waals surface area contributed by atoms with Gasteiger partial charge in [-0.25, -0.2) is 0 Å².